The Morgan fingerprint density at radius 1 is 1.80 bits per heavy atom. The molecule has 0 aliphatic heterocycles. The monoisotopic (exact) mass is 156 g/mol. The quantitative estimate of drug-likeness (QED) is 0.461. The first-order valence-electron chi connectivity index (χ1n) is 3.98. The minimum Gasteiger partial charge on any atom is -0.175 e. The minimum atomic E-state index is 0.449. The van der Waals surface area contributed by atoms with Crippen molar-refractivity contribution in [2.24, 2.45) is 5.41 Å². The van der Waals surface area contributed by atoms with Gasteiger partial charge in [0.1, 0.15) is 0 Å². The van der Waals surface area contributed by atoms with Gasteiger partial charge in [-0.25, -0.2) is 0 Å². The lowest BCUT2D eigenvalue weighted by molar-refractivity contribution is 0.354. The van der Waals surface area contributed by atoms with Crippen molar-refractivity contribution < 1.29 is 0 Å². The van der Waals surface area contributed by atoms with Gasteiger partial charge in [-0.3, -0.25) is 0 Å². The molecule has 0 N–H and O–H groups in total. The van der Waals surface area contributed by atoms with Gasteiger partial charge in [0.05, 0.1) is 0 Å². The molecule has 10 heavy (non-hydrogen) atoms. The highest BCUT2D eigenvalue weighted by molar-refractivity contribution is 7.81. The van der Waals surface area contributed by atoms with E-state index in [0.717, 1.165) is 6.42 Å². The third-order valence-corrected chi connectivity index (χ3v) is 3.52. The highest BCUT2D eigenvalue weighted by Crippen LogP contribution is 2.43. The molecule has 1 saturated carbocycles. The Kier molecular flexibility index (Phi) is 2.45. The molecule has 0 aromatic rings. The molecule has 58 valence electrons. The van der Waals surface area contributed by atoms with E-state index in [0.29, 0.717) is 10.7 Å². The summed E-state index contributed by atoms with van der Waals surface area (Å²) in [5.74, 6) is 0. The van der Waals surface area contributed by atoms with E-state index in [9.17, 15) is 0 Å². The molecule has 0 spiro atoms. The van der Waals surface area contributed by atoms with Crippen LogP contribution in [-0.4, -0.2) is 5.25 Å². The van der Waals surface area contributed by atoms with Crippen LogP contribution in [0.5, 0.6) is 0 Å². The molecule has 0 radical (unpaired) electrons. The van der Waals surface area contributed by atoms with Crippen molar-refractivity contribution >= 4 is 12.6 Å². The summed E-state index contributed by atoms with van der Waals surface area (Å²) in [5.41, 5.74) is 0.449. The number of hydrogen-bond donors (Lipinski definition) is 1. The maximum Gasteiger partial charge on any atom is 0.00736 e. The molecule has 0 amide bonds. The fourth-order valence-corrected chi connectivity index (χ4v) is 2.20. The van der Waals surface area contributed by atoms with Crippen molar-refractivity contribution in [2.45, 2.75) is 37.9 Å². The Balaban J connectivity index is 2.56. The van der Waals surface area contributed by atoms with E-state index in [1.807, 2.05) is 6.08 Å². The second-order valence-electron chi connectivity index (χ2n) is 3.55. The van der Waals surface area contributed by atoms with Gasteiger partial charge in [-0.05, 0) is 24.7 Å². The lowest BCUT2D eigenvalue weighted by atomic mass is 9.85. The zero-order chi connectivity index (χ0) is 7.61. The molecule has 0 bridgehead atoms. The molecule has 0 heterocycles. The largest absolute Gasteiger partial charge is 0.175 e. The minimum absolute atomic E-state index is 0.449. The fourth-order valence-electron chi connectivity index (χ4n) is 1.78. The molecule has 0 aromatic carbocycles. The second kappa shape index (κ2) is 3.00. The van der Waals surface area contributed by atoms with Crippen LogP contribution >= 0.6 is 12.6 Å². The van der Waals surface area contributed by atoms with Crippen molar-refractivity contribution in [3.05, 3.63) is 12.7 Å². The van der Waals surface area contributed by atoms with E-state index in [-0.39, 0.29) is 0 Å². The van der Waals surface area contributed by atoms with Gasteiger partial charge in [-0.15, -0.1) is 6.58 Å². The van der Waals surface area contributed by atoms with Crippen molar-refractivity contribution in [3.63, 3.8) is 0 Å². The fraction of sp³-hybridized carbons (Fsp3) is 0.778. The maximum atomic E-state index is 4.56. The Bertz CT molecular complexity index is 131. The van der Waals surface area contributed by atoms with Crippen LogP contribution in [0, 0.1) is 5.41 Å². The molecule has 1 heteroatoms. The Morgan fingerprint density at radius 2 is 2.50 bits per heavy atom. The van der Waals surface area contributed by atoms with Gasteiger partial charge in [0.15, 0.2) is 0 Å². The molecule has 1 aliphatic carbocycles. The second-order valence-corrected chi connectivity index (χ2v) is 4.18. The maximum absolute atomic E-state index is 4.56. The van der Waals surface area contributed by atoms with Gasteiger partial charge in [-0.1, -0.05) is 19.4 Å². The summed E-state index contributed by atoms with van der Waals surface area (Å²) in [6.07, 6.45) is 7.11. The van der Waals surface area contributed by atoms with E-state index in [1.54, 1.807) is 0 Å². The van der Waals surface area contributed by atoms with E-state index in [1.165, 1.54) is 19.3 Å². The van der Waals surface area contributed by atoms with Crippen LogP contribution in [0.15, 0.2) is 12.7 Å². The topological polar surface area (TPSA) is 0 Å². The van der Waals surface area contributed by atoms with Crippen molar-refractivity contribution in [1.82, 2.24) is 0 Å². The number of hydrogen-bond acceptors (Lipinski definition) is 1. The van der Waals surface area contributed by atoms with E-state index in [2.05, 4.69) is 26.1 Å². The lowest BCUT2D eigenvalue weighted by Crippen LogP contribution is -2.20. The predicted octanol–water partition coefficient (Wildman–Crippen LogP) is 3.05. The molecule has 1 aliphatic rings. The number of allylic oxidation sites excluding steroid dienone is 1. The molecular weight excluding hydrogens is 140 g/mol. The third kappa shape index (κ3) is 1.39. The van der Waals surface area contributed by atoms with Crippen LogP contribution in [-0.2, 0) is 0 Å². The zero-order valence-electron chi connectivity index (χ0n) is 6.64. The third-order valence-electron chi connectivity index (χ3n) is 2.64. The normalized spacial score (nSPS) is 40.0. The zero-order valence-corrected chi connectivity index (χ0v) is 7.53. The van der Waals surface area contributed by atoms with Gasteiger partial charge in [0.2, 0.25) is 0 Å². The smallest absolute Gasteiger partial charge is 0.00736 e. The van der Waals surface area contributed by atoms with Gasteiger partial charge in [0, 0.05) is 5.25 Å². The molecule has 1 rings (SSSR count). The molecule has 0 aromatic heterocycles. The van der Waals surface area contributed by atoms with Gasteiger partial charge in [0.25, 0.3) is 0 Å². The van der Waals surface area contributed by atoms with Crippen LogP contribution in [0.4, 0.5) is 0 Å². The van der Waals surface area contributed by atoms with Crippen LogP contribution in [0.25, 0.3) is 0 Å². The highest BCUT2D eigenvalue weighted by Gasteiger charge is 2.34. The summed E-state index contributed by atoms with van der Waals surface area (Å²) >= 11 is 4.56. The van der Waals surface area contributed by atoms with Crippen molar-refractivity contribution in [2.75, 3.05) is 0 Å². The molecule has 0 unspecified atom stereocenters. The van der Waals surface area contributed by atoms with Gasteiger partial charge < -0.3 is 0 Å². The van der Waals surface area contributed by atoms with Crippen molar-refractivity contribution in [3.8, 4) is 0 Å². The Labute approximate surface area is 69.1 Å². The Hall–Kier alpha value is 0.0900. The van der Waals surface area contributed by atoms with E-state index in [4.69, 9.17) is 0 Å². The lowest BCUT2D eigenvalue weighted by Gasteiger charge is -2.26. The first-order chi connectivity index (χ1) is 4.69. The molecule has 2 atom stereocenters. The predicted molar refractivity (Wildman–Crippen MR) is 49.5 cm³/mol. The molecule has 0 saturated heterocycles. The van der Waals surface area contributed by atoms with Gasteiger partial charge in [-0.2, -0.15) is 12.6 Å². The molecule has 1 fully saturated rings. The summed E-state index contributed by atoms with van der Waals surface area (Å²) in [6, 6.07) is 0. The summed E-state index contributed by atoms with van der Waals surface area (Å²) in [4.78, 5) is 0. The van der Waals surface area contributed by atoms with Crippen LogP contribution in [0.1, 0.15) is 32.6 Å². The van der Waals surface area contributed by atoms with Crippen molar-refractivity contribution in [1.29, 1.82) is 0 Å². The van der Waals surface area contributed by atoms with Crippen LogP contribution < -0.4 is 0 Å². The summed E-state index contributed by atoms with van der Waals surface area (Å²) in [7, 11) is 0. The average Bonchev–Trinajstić information content (AvgIpc) is 2.15. The SMILES string of the molecule is C=CC[C@@]1(C)CCC[C@H]1S. The van der Waals surface area contributed by atoms with Crippen LogP contribution in [0.2, 0.25) is 0 Å². The summed E-state index contributed by atoms with van der Waals surface area (Å²) in [6.45, 7) is 6.09. The number of rotatable bonds is 2. The highest BCUT2D eigenvalue weighted by atomic mass is 32.1. The molecule has 0 nitrogen and oxygen atoms in total. The van der Waals surface area contributed by atoms with E-state index < -0.39 is 0 Å². The first kappa shape index (κ1) is 8.19. The standard InChI is InChI=1S/C9H16S/c1-3-6-9(2)7-4-5-8(9)10/h3,8,10H,1,4-7H2,2H3/t8-,9+/m1/s1. The van der Waals surface area contributed by atoms with E-state index >= 15 is 0 Å². The van der Waals surface area contributed by atoms with Crippen LogP contribution in [0.3, 0.4) is 0 Å². The number of thiol groups is 1. The average molecular weight is 156 g/mol. The Morgan fingerprint density at radius 3 is 2.90 bits per heavy atom. The molecular formula is C9H16S. The summed E-state index contributed by atoms with van der Waals surface area (Å²) < 4.78 is 0. The first-order valence-corrected chi connectivity index (χ1v) is 4.50. The summed E-state index contributed by atoms with van der Waals surface area (Å²) in [5, 5.41) is 0.602. The van der Waals surface area contributed by atoms with Gasteiger partial charge >= 0.3 is 0 Å².